The molecule has 1 aliphatic carbocycles. The molecule has 3 aromatic rings. The molecule has 1 heterocycles. The van der Waals surface area contributed by atoms with E-state index in [1.54, 1.807) is 28.6 Å². The van der Waals surface area contributed by atoms with Crippen molar-refractivity contribution < 1.29 is 8.42 Å². The Morgan fingerprint density at radius 1 is 0.757 bits per heavy atom. The van der Waals surface area contributed by atoms with Crippen LogP contribution in [0.1, 0.15) is 50.0 Å². The van der Waals surface area contributed by atoms with Crippen molar-refractivity contribution >= 4 is 50.5 Å². The molecule has 2 fully saturated rings. The van der Waals surface area contributed by atoms with Gasteiger partial charge in [0.25, 0.3) is 10.0 Å². The van der Waals surface area contributed by atoms with Gasteiger partial charge in [0.15, 0.2) is 0 Å². The fourth-order valence-corrected chi connectivity index (χ4v) is 8.20. The summed E-state index contributed by atoms with van der Waals surface area (Å²) in [6.45, 7) is 1.72. The number of hydrogen-bond donors (Lipinski definition) is 0. The lowest BCUT2D eigenvalue weighted by atomic mass is 9.78. The molecule has 37 heavy (non-hydrogen) atoms. The number of anilines is 1. The van der Waals surface area contributed by atoms with Crippen molar-refractivity contribution in [3.05, 3.63) is 93.4 Å². The monoisotopic (exact) mass is 576 g/mol. The van der Waals surface area contributed by atoms with Gasteiger partial charge in [-0.15, -0.1) is 0 Å². The molecular weight excluding hydrogens is 547 g/mol. The van der Waals surface area contributed by atoms with E-state index in [9.17, 15) is 8.42 Å². The molecule has 2 atom stereocenters. The summed E-state index contributed by atoms with van der Waals surface area (Å²) in [6.07, 6.45) is 6.40. The number of halogens is 3. The van der Waals surface area contributed by atoms with Gasteiger partial charge in [-0.3, -0.25) is 9.21 Å². The highest BCUT2D eigenvalue weighted by molar-refractivity contribution is 7.92. The Hall–Kier alpha value is -1.76. The molecule has 0 spiro atoms. The van der Waals surface area contributed by atoms with Gasteiger partial charge in [0.2, 0.25) is 0 Å². The van der Waals surface area contributed by atoms with Gasteiger partial charge < -0.3 is 0 Å². The molecule has 0 N–H and O–H groups in total. The lowest BCUT2D eigenvalue weighted by Gasteiger charge is -2.45. The number of rotatable bonds is 6. The van der Waals surface area contributed by atoms with E-state index in [2.05, 4.69) is 35.2 Å². The summed E-state index contributed by atoms with van der Waals surface area (Å²) in [7, 11) is -3.87. The highest BCUT2D eigenvalue weighted by Crippen LogP contribution is 2.39. The second kappa shape index (κ2) is 11.5. The van der Waals surface area contributed by atoms with Crippen LogP contribution in [0.5, 0.6) is 0 Å². The Balaban J connectivity index is 1.40. The molecule has 5 rings (SSSR count). The van der Waals surface area contributed by atoms with Crippen molar-refractivity contribution in [2.24, 2.45) is 0 Å². The number of nitrogens with zero attached hydrogens (tertiary/aromatic N) is 2. The predicted octanol–water partition coefficient (Wildman–Crippen LogP) is 8.03. The van der Waals surface area contributed by atoms with Gasteiger partial charge >= 0.3 is 0 Å². The van der Waals surface area contributed by atoms with E-state index in [-0.39, 0.29) is 16.0 Å². The summed E-state index contributed by atoms with van der Waals surface area (Å²) < 4.78 is 29.5. The van der Waals surface area contributed by atoms with Crippen molar-refractivity contribution in [3.63, 3.8) is 0 Å². The third-order valence-electron chi connectivity index (χ3n) is 7.79. The maximum Gasteiger partial charge on any atom is 0.264 e. The summed E-state index contributed by atoms with van der Waals surface area (Å²) >= 11 is 18.4. The summed E-state index contributed by atoms with van der Waals surface area (Å²) in [5, 5.41) is 1.11. The van der Waals surface area contributed by atoms with Crippen molar-refractivity contribution in [2.45, 2.75) is 61.4 Å². The quantitative estimate of drug-likeness (QED) is 0.298. The second-order valence-electron chi connectivity index (χ2n) is 9.99. The first kappa shape index (κ1) is 26.8. The summed E-state index contributed by atoms with van der Waals surface area (Å²) in [6, 6.07) is 22.7. The van der Waals surface area contributed by atoms with Gasteiger partial charge in [-0.2, -0.15) is 0 Å². The minimum absolute atomic E-state index is 0.135. The van der Waals surface area contributed by atoms with E-state index in [1.807, 2.05) is 0 Å². The molecule has 4 nitrogen and oxygen atoms in total. The molecule has 1 aliphatic heterocycles. The topological polar surface area (TPSA) is 40.6 Å². The molecule has 0 amide bonds. The van der Waals surface area contributed by atoms with Gasteiger partial charge in [-0.05, 0) is 79.6 Å². The molecule has 0 unspecified atom stereocenters. The molecule has 3 aromatic carbocycles. The zero-order chi connectivity index (χ0) is 26.0. The minimum Gasteiger partial charge on any atom is -0.300 e. The van der Waals surface area contributed by atoms with E-state index in [4.69, 9.17) is 34.8 Å². The van der Waals surface area contributed by atoms with Gasteiger partial charge in [0, 0.05) is 30.2 Å². The Morgan fingerprint density at radius 2 is 1.43 bits per heavy atom. The van der Waals surface area contributed by atoms with Gasteiger partial charge in [-0.25, -0.2) is 8.42 Å². The van der Waals surface area contributed by atoms with E-state index >= 15 is 0 Å². The third-order valence-corrected chi connectivity index (χ3v) is 10.7. The van der Waals surface area contributed by atoms with E-state index in [0.717, 1.165) is 25.9 Å². The van der Waals surface area contributed by atoms with Crippen LogP contribution < -0.4 is 4.31 Å². The van der Waals surface area contributed by atoms with Crippen LogP contribution >= 0.6 is 34.8 Å². The standard InChI is InChI=1S/C29H31Cl3N2O2S/c30-22-10-12-23(13-11-22)34(37(35,36)25-14-15-27(31)28(32)20-25)24-16-18-33(19-17-24)29-9-5-4-8-26(29)21-6-2-1-3-7-21/h1-3,6-7,10-15,20,24,26,29H,4-5,8-9,16-19H2/t26-,29-/m1/s1. The maximum absolute atomic E-state index is 14.0. The first-order chi connectivity index (χ1) is 17.8. The summed E-state index contributed by atoms with van der Waals surface area (Å²) in [4.78, 5) is 2.73. The fraction of sp³-hybridized carbons (Fsp3) is 0.379. The molecule has 8 heteroatoms. The van der Waals surface area contributed by atoms with Crippen molar-refractivity contribution in [2.75, 3.05) is 17.4 Å². The molecule has 0 radical (unpaired) electrons. The maximum atomic E-state index is 14.0. The van der Waals surface area contributed by atoms with Crippen LogP contribution in [0.4, 0.5) is 5.69 Å². The van der Waals surface area contributed by atoms with Crippen LogP contribution in [0, 0.1) is 0 Å². The van der Waals surface area contributed by atoms with Gasteiger partial charge in [0.05, 0.1) is 20.6 Å². The number of benzene rings is 3. The van der Waals surface area contributed by atoms with Crippen LogP contribution in [0.2, 0.25) is 15.1 Å². The molecule has 0 bridgehead atoms. The second-order valence-corrected chi connectivity index (χ2v) is 13.1. The highest BCUT2D eigenvalue weighted by Gasteiger charge is 2.38. The normalized spacial score (nSPS) is 21.6. The first-order valence-corrected chi connectivity index (χ1v) is 15.5. The molecule has 2 aliphatic rings. The first-order valence-electron chi connectivity index (χ1n) is 12.9. The largest absolute Gasteiger partial charge is 0.300 e. The molecular formula is C29H31Cl3N2O2S. The number of sulfonamides is 1. The van der Waals surface area contributed by atoms with Crippen LogP contribution in [0.3, 0.4) is 0 Å². The van der Waals surface area contributed by atoms with Crippen LogP contribution in [-0.2, 0) is 10.0 Å². The van der Waals surface area contributed by atoms with E-state index in [0.29, 0.717) is 27.7 Å². The molecule has 1 saturated heterocycles. The Morgan fingerprint density at radius 3 is 2.11 bits per heavy atom. The lowest BCUT2D eigenvalue weighted by Crippen LogP contribution is -2.51. The van der Waals surface area contributed by atoms with E-state index in [1.165, 1.54) is 49.4 Å². The fourth-order valence-electron chi connectivity index (χ4n) is 5.97. The third kappa shape index (κ3) is 5.81. The zero-order valence-corrected chi connectivity index (χ0v) is 23.7. The smallest absolute Gasteiger partial charge is 0.264 e. The molecule has 1 saturated carbocycles. The van der Waals surface area contributed by atoms with Gasteiger partial charge in [-0.1, -0.05) is 78.0 Å². The predicted molar refractivity (Wildman–Crippen MR) is 154 cm³/mol. The number of hydrogen-bond acceptors (Lipinski definition) is 3. The van der Waals surface area contributed by atoms with Crippen molar-refractivity contribution in [3.8, 4) is 0 Å². The van der Waals surface area contributed by atoms with Gasteiger partial charge in [0.1, 0.15) is 0 Å². The van der Waals surface area contributed by atoms with Crippen molar-refractivity contribution in [1.82, 2.24) is 4.90 Å². The van der Waals surface area contributed by atoms with Crippen LogP contribution in [-0.4, -0.2) is 38.5 Å². The minimum atomic E-state index is -3.87. The van der Waals surface area contributed by atoms with Crippen molar-refractivity contribution in [1.29, 1.82) is 0 Å². The van der Waals surface area contributed by atoms with Crippen LogP contribution in [0.15, 0.2) is 77.7 Å². The summed E-state index contributed by atoms with van der Waals surface area (Å²) in [5.74, 6) is 0.527. The molecule has 196 valence electrons. The van der Waals surface area contributed by atoms with Crippen LogP contribution in [0.25, 0.3) is 0 Å². The number of likely N-dealkylation sites (tertiary alicyclic amines) is 1. The Labute approximate surface area is 235 Å². The van der Waals surface area contributed by atoms with E-state index < -0.39 is 10.0 Å². The number of piperidine rings is 1. The average molecular weight is 578 g/mol. The lowest BCUT2D eigenvalue weighted by molar-refractivity contribution is 0.107. The molecule has 0 aromatic heterocycles. The Kier molecular flexibility index (Phi) is 8.37. The Bertz CT molecular complexity index is 1310. The highest BCUT2D eigenvalue weighted by atomic mass is 35.5. The SMILES string of the molecule is O=S(=O)(c1ccc(Cl)c(Cl)c1)N(c1ccc(Cl)cc1)C1CCN([C@@H]2CCCC[C@@H]2c2ccccc2)CC1. The average Bonchev–Trinajstić information content (AvgIpc) is 2.92. The zero-order valence-electron chi connectivity index (χ0n) is 20.6. The summed E-state index contributed by atoms with van der Waals surface area (Å²) in [5.41, 5.74) is 2.02.